The highest BCUT2D eigenvalue weighted by Crippen LogP contribution is 2.38. The Labute approximate surface area is 118 Å². The molecule has 0 radical (unpaired) electrons. The van der Waals surface area contributed by atoms with Crippen LogP contribution in [0.15, 0.2) is 12.1 Å². The fraction of sp³-hybridized carbons (Fsp3) is 0.571. The monoisotopic (exact) mass is 283 g/mol. The summed E-state index contributed by atoms with van der Waals surface area (Å²) in [6, 6.07) is 3.94. The summed E-state index contributed by atoms with van der Waals surface area (Å²) in [5.41, 5.74) is 1.12. The van der Waals surface area contributed by atoms with Crippen molar-refractivity contribution in [2.45, 2.75) is 20.4 Å². The van der Waals surface area contributed by atoms with E-state index >= 15 is 0 Å². The fourth-order valence-electron chi connectivity index (χ4n) is 1.85. The van der Waals surface area contributed by atoms with E-state index in [0.717, 1.165) is 54.0 Å². The molecule has 1 aromatic carbocycles. The normalized spacial score (nSPS) is 12.7. The van der Waals surface area contributed by atoms with Crippen molar-refractivity contribution < 1.29 is 14.2 Å². The number of hydrogen-bond donors (Lipinski definition) is 1. The molecule has 0 spiro atoms. The maximum atomic E-state index is 5.87. The van der Waals surface area contributed by atoms with E-state index in [1.165, 1.54) is 0 Å². The Bertz CT molecular complexity index is 412. The average molecular weight is 283 g/mol. The molecular weight excluding hydrogens is 262 g/mol. The van der Waals surface area contributed by atoms with Gasteiger partial charge in [-0.2, -0.15) is 11.8 Å². The van der Waals surface area contributed by atoms with Crippen molar-refractivity contribution in [1.29, 1.82) is 0 Å². The first-order valence-corrected chi connectivity index (χ1v) is 7.84. The summed E-state index contributed by atoms with van der Waals surface area (Å²) >= 11 is 1.88. The summed E-state index contributed by atoms with van der Waals surface area (Å²) in [5.74, 6) is 4.60. The maximum Gasteiger partial charge on any atom is 0.231 e. The van der Waals surface area contributed by atoms with Gasteiger partial charge in [-0.05, 0) is 18.4 Å². The smallest absolute Gasteiger partial charge is 0.231 e. The molecule has 1 N–H and O–H groups in total. The van der Waals surface area contributed by atoms with E-state index in [4.69, 9.17) is 14.2 Å². The molecule has 0 fully saturated rings. The zero-order chi connectivity index (χ0) is 13.5. The third kappa shape index (κ3) is 3.94. The molecule has 4 nitrogen and oxygen atoms in total. The summed E-state index contributed by atoms with van der Waals surface area (Å²) in [6.07, 6.45) is 0. The van der Waals surface area contributed by atoms with Crippen LogP contribution in [0.1, 0.15) is 19.4 Å². The van der Waals surface area contributed by atoms with Crippen LogP contribution in [0.25, 0.3) is 0 Å². The summed E-state index contributed by atoms with van der Waals surface area (Å²) in [5, 5.41) is 3.32. The van der Waals surface area contributed by atoms with Crippen LogP contribution in [-0.2, 0) is 6.54 Å². The Kier molecular flexibility index (Phi) is 5.66. The number of hydrogen-bond acceptors (Lipinski definition) is 5. The van der Waals surface area contributed by atoms with E-state index in [0.29, 0.717) is 6.79 Å². The standard InChI is InChI=1S/C14H21NO3S/c1-3-15-9-11-7-13-14(18-10-17-13)8-12(11)16-5-6-19-4-2/h7-8,15H,3-6,9-10H2,1-2H3. The highest BCUT2D eigenvalue weighted by atomic mass is 32.2. The van der Waals surface area contributed by atoms with Gasteiger partial charge in [0.15, 0.2) is 11.5 Å². The quantitative estimate of drug-likeness (QED) is 0.743. The molecule has 1 heterocycles. The molecule has 0 saturated carbocycles. The summed E-state index contributed by atoms with van der Waals surface area (Å²) in [6.45, 7) is 6.97. The van der Waals surface area contributed by atoms with Crippen molar-refractivity contribution in [2.75, 3.05) is 31.5 Å². The first-order chi connectivity index (χ1) is 9.35. The fourth-order valence-corrected chi connectivity index (χ4v) is 2.34. The topological polar surface area (TPSA) is 39.7 Å². The highest BCUT2D eigenvalue weighted by molar-refractivity contribution is 7.99. The number of thioether (sulfide) groups is 1. The first-order valence-electron chi connectivity index (χ1n) is 6.69. The Balaban J connectivity index is 2.05. The number of benzene rings is 1. The van der Waals surface area contributed by atoms with Gasteiger partial charge < -0.3 is 19.5 Å². The van der Waals surface area contributed by atoms with Crippen LogP contribution in [0, 0.1) is 0 Å². The molecule has 0 bridgehead atoms. The predicted octanol–water partition coefficient (Wildman–Crippen LogP) is 2.66. The highest BCUT2D eigenvalue weighted by Gasteiger charge is 2.17. The molecular formula is C14H21NO3S. The molecule has 0 aliphatic carbocycles. The lowest BCUT2D eigenvalue weighted by molar-refractivity contribution is 0.173. The Morgan fingerprint density at radius 3 is 2.79 bits per heavy atom. The summed E-state index contributed by atoms with van der Waals surface area (Å²) in [7, 11) is 0. The predicted molar refractivity (Wildman–Crippen MR) is 78.4 cm³/mol. The van der Waals surface area contributed by atoms with Gasteiger partial charge in [0, 0.05) is 23.9 Å². The third-order valence-electron chi connectivity index (χ3n) is 2.81. The Hall–Kier alpha value is -1.07. The largest absolute Gasteiger partial charge is 0.492 e. The van der Waals surface area contributed by atoms with Crippen molar-refractivity contribution in [2.24, 2.45) is 0 Å². The minimum Gasteiger partial charge on any atom is -0.492 e. The van der Waals surface area contributed by atoms with Crippen LogP contribution in [0.3, 0.4) is 0 Å². The molecule has 2 rings (SSSR count). The Morgan fingerprint density at radius 1 is 1.26 bits per heavy atom. The molecule has 0 unspecified atom stereocenters. The summed E-state index contributed by atoms with van der Waals surface area (Å²) < 4.78 is 16.7. The second-order valence-corrected chi connectivity index (χ2v) is 5.53. The average Bonchev–Trinajstić information content (AvgIpc) is 2.88. The molecule has 0 atom stereocenters. The molecule has 0 aromatic heterocycles. The second kappa shape index (κ2) is 7.50. The molecule has 5 heteroatoms. The van der Waals surface area contributed by atoms with Gasteiger partial charge in [0.1, 0.15) is 5.75 Å². The lowest BCUT2D eigenvalue weighted by Crippen LogP contribution is -2.13. The van der Waals surface area contributed by atoms with E-state index in [-0.39, 0.29) is 0 Å². The Morgan fingerprint density at radius 2 is 2.05 bits per heavy atom. The van der Waals surface area contributed by atoms with E-state index in [1.54, 1.807) is 0 Å². The SMILES string of the molecule is CCNCc1cc2c(cc1OCCSCC)OCO2. The molecule has 106 valence electrons. The minimum absolute atomic E-state index is 0.297. The van der Waals surface area contributed by atoms with Gasteiger partial charge in [-0.25, -0.2) is 0 Å². The van der Waals surface area contributed by atoms with E-state index in [2.05, 4.69) is 19.2 Å². The van der Waals surface area contributed by atoms with Crippen molar-refractivity contribution in [3.05, 3.63) is 17.7 Å². The van der Waals surface area contributed by atoms with Crippen LogP contribution in [0.5, 0.6) is 17.2 Å². The first kappa shape index (κ1) is 14.3. The second-order valence-electron chi connectivity index (χ2n) is 4.14. The zero-order valence-corrected chi connectivity index (χ0v) is 12.3. The number of rotatable bonds is 8. The van der Waals surface area contributed by atoms with Crippen LogP contribution in [0.2, 0.25) is 0 Å². The third-order valence-corrected chi connectivity index (χ3v) is 3.67. The maximum absolute atomic E-state index is 5.87. The number of fused-ring (bicyclic) bond motifs is 1. The molecule has 1 aliphatic heterocycles. The van der Waals surface area contributed by atoms with Crippen molar-refractivity contribution >= 4 is 11.8 Å². The van der Waals surface area contributed by atoms with Crippen LogP contribution in [-0.4, -0.2) is 31.5 Å². The van der Waals surface area contributed by atoms with Crippen LogP contribution in [0.4, 0.5) is 0 Å². The number of ether oxygens (including phenoxy) is 3. The van der Waals surface area contributed by atoms with E-state index in [9.17, 15) is 0 Å². The minimum atomic E-state index is 0.297. The van der Waals surface area contributed by atoms with Gasteiger partial charge in [-0.3, -0.25) is 0 Å². The van der Waals surface area contributed by atoms with Crippen LogP contribution < -0.4 is 19.5 Å². The molecule has 0 saturated heterocycles. The van der Waals surface area contributed by atoms with Gasteiger partial charge in [-0.15, -0.1) is 0 Å². The lowest BCUT2D eigenvalue weighted by atomic mass is 10.1. The van der Waals surface area contributed by atoms with Gasteiger partial charge in [0.2, 0.25) is 6.79 Å². The zero-order valence-electron chi connectivity index (χ0n) is 11.5. The van der Waals surface area contributed by atoms with Crippen LogP contribution >= 0.6 is 11.8 Å². The van der Waals surface area contributed by atoms with E-state index < -0.39 is 0 Å². The molecule has 1 aromatic rings. The molecule has 19 heavy (non-hydrogen) atoms. The number of nitrogens with one attached hydrogen (secondary N) is 1. The van der Waals surface area contributed by atoms with Crippen molar-refractivity contribution in [3.63, 3.8) is 0 Å². The summed E-state index contributed by atoms with van der Waals surface area (Å²) in [4.78, 5) is 0. The van der Waals surface area contributed by atoms with Gasteiger partial charge in [0.05, 0.1) is 6.61 Å². The lowest BCUT2D eigenvalue weighted by Gasteiger charge is -2.12. The van der Waals surface area contributed by atoms with Gasteiger partial charge in [-0.1, -0.05) is 13.8 Å². The van der Waals surface area contributed by atoms with Gasteiger partial charge >= 0.3 is 0 Å². The van der Waals surface area contributed by atoms with E-state index in [1.807, 2.05) is 23.9 Å². The van der Waals surface area contributed by atoms with Crippen molar-refractivity contribution in [3.8, 4) is 17.2 Å². The molecule has 1 aliphatic rings. The molecule has 0 amide bonds. The van der Waals surface area contributed by atoms with Gasteiger partial charge in [0.25, 0.3) is 0 Å². The van der Waals surface area contributed by atoms with Crippen molar-refractivity contribution in [1.82, 2.24) is 5.32 Å².